The largest absolute Gasteiger partial charge is 0.497 e. The summed E-state index contributed by atoms with van der Waals surface area (Å²) in [4.78, 5) is 12.2. The van der Waals surface area contributed by atoms with Gasteiger partial charge in [-0.05, 0) is 48.7 Å². The lowest BCUT2D eigenvalue weighted by atomic mass is 10.0. The Morgan fingerprint density at radius 3 is 2.27 bits per heavy atom. The van der Waals surface area contributed by atoms with Crippen molar-refractivity contribution in [1.29, 1.82) is 0 Å². The van der Waals surface area contributed by atoms with Crippen LogP contribution in [0.4, 0.5) is 5.69 Å². The molecule has 5 nitrogen and oxygen atoms in total. The van der Waals surface area contributed by atoms with Gasteiger partial charge in [-0.3, -0.25) is 4.79 Å². The van der Waals surface area contributed by atoms with E-state index < -0.39 is 0 Å². The van der Waals surface area contributed by atoms with Gasteiger partial charge in [0.05, 0.1) is 14.2 Å². The van der Waals surface area contributed by atoms with Gasteiger partial charge in [0.2, 0.25) is 5.91 Å². The van der Waals surface area contributed by atoms with Crippen molar-refractivity contribution >= 4 is 11.6 Å². The van der Waals surface area contributed by atoms with Crippen LogP contribution in [0.1, 0.15) is 20.8 Å². The van der Waals surface area contributed by atoms with Crippen molar-refractivity contribution in [3.05, 3.63) is 42.5 Å². The maximum atomic E-state index is 12.2. The number of rotatable bonds is 8. The number of hydrogen-bond acceptors (Lipinski definition) is 4. The van der Waals surface area contributed by atoms with Crippen LogP contribution in [0, 0.1) is 5.92 Å². The quantitative estimate of drug-likeness (QED) is 0.752. The van der Waals surface area contributed by atoms with Gasteiger partial charge in [0.25, 0.3) is 0 Å². The van der Waals surface area contributed by atoms with Gasteiger partial charge in [0.15, 0.2) is 0 Å². The van der Waals surface area contributed by atoms with Gasteiger partial charge in [-0.25, -0.2) is 0 Å². The van der Waals surface area contributed by atoms with Gasteiger partial charge in [0.1, 0.15) is 17.5 Å². The van der Waals surface area contributed by atoms with Crippen molar-refractivity contribution in [2.24, 2.45) is 5.92 Å². The van der Waals surface area contributed by atoms with Crippen LogP contribution in [0.15, 0.2) is 42.5 Å². The van der Waals surface area contributed by atoms with E-state index in [1.165, 1.54) is 0 Å². The second-order valence-electron chi connectivity index (χ2n) is 6.65. The van der Waals surface area contributed by atoms with E-state index in [9.17, 15) is 4.79 Å². The molecule has 0 unspecified atom stereocenters. The lowest BCUT2D eigenvalue weighted by Crippen LogP contribution is -2.39. The summed E-state index contributed by atoms with van der Waals surface area (Å²) in [6.07, 6.45) is 0. The van der Waals surface area contributed by atoms with Crippen molar-refractivity contribution in [1.82, 2.24) is 5.32 Å². The third-order valence-corrected chi connectivity index (χ3v) is 4.06. The van der Waals surface area contributed by atoms with E-state index in [1.54, 1.807) is 14.2 Å². The SMILES string of the molecule is COc1ccc(-c2cc(N[C@@H](C)C(=O)NCC(C)C)ccc2OC)cc1. The van der Waals surface area contributed by atoms with Crippen LogP contribution < -0.4 is 20.1 Å². The Kier molecular flexibility index (Phi) is 6.89. The van der Waals surface area contributed by atoms with Gasteiger partial charge in [-0.15, -0.1) is 0 Å². The minimum Gasteiger partial charge on any atom is -0.497 e. The first kappa shape index (κ1) is 19.6. The zero-order valence-electron chi connectivity index (χ0n) is 16.1. The molecule has 0 fully saturated rings. The molecule has 0 aliphatic rings. The normalized spacial score (nSPS) is 11.8. The Balaban J connectivity index is 2.19. The van der Waals surface area contributed by atoms with E-state index in [-0.39, 0.29) is 11.9 Å². The van der Waals surface area contributed by atoms with Gasteiger partial charge in [-0.2, -0.15) is 0 Å². The highest BCUT2D eigenvalue weighted by Crippen LogP contribution is 2.33. The van der Waals surface area contributed by atoms with Crippen LogP contribution in [0.25, 0.3) is 11.1 Å². The fourth-order valence-electron chi connectivity index (χ4n) is 2.57. The summed E-state index contributed by atoms with van der Waals surface area (Å²) in [5.74, 6) is 1.99. The van der Waals surface area contributed by atoms with Crippen molar-refractivity contribution in [2.45, 2.75) is 26.8 Å². The average molecular weight is 356 g/mol. The second-order valence-corrected chi connectivity index (χ2v) is 6.65. The fraction of sp³-hybridized carbons (Fsp3) is 0.381. The monoisotopic (exact) mass is 356 g/mol. The molecule has 2 aromatic carbocycles. The molecule has 140 valence electrons. The summed E-state index contributed by atoms with van der Waals surface area (Å²) >= 11 is 0. The number of carbonyl (C=O) groups excluding carboxylic acids is 1. The minimum absolute atomic E-state index is 0.0134. The molecule has 2 rings (SSSR count). The van der Waals surface area contributed by atoms with Crippen LogP contribution in [0.2, 0.25) is 0 Å². The number of anilines is 1. The molecule has 26 heavy (non-hydrogen) atoms. The van der Waals surface area contributed by atoms with E-state index in [1.807, 2.05) is 49.4 Å². The molecule has 0 saturated heterocycles. The van der Waals surface area contributed by atoms with Crippen LogP contribution >= 0.6 is 0 Å². The molecular formula is C21H28N2O3. The number of hydrogen-bond donors (Lipinski definition) is 2. The van der Waals surface area contributed by atoms with Crippen LogP contribution in [-0.2, 0) is 4.79 Å². The predicted octanol–water partition coefficient (Wildman–Crippen LogP) is 3.94. The smallest absolute Gasteiger partial charge is 0.242 e. The highest BCUT2D eigenvalue weighted by molar-refractivity contribution is 5.85. The van der Waals surface area contributed by atoms with Crippen molar-refractivity contribution in [3.8, 4) is 22.6 Å². The summed E-state index contributed by atoms with van der Waals surface area (Å²) in [5.41, 5.74) is 2.84. The number of nitrogens with one attached hydrogen (secondary N) is 2. The average Bonchev–Trinajstić information content (AvgIpc) is 2.66. The standard InChI is InChI=1S/C21H28N2O3/c1-14(2)13-22-21(24)15(3)23-17-8-11-20(26-5)19(12-17)16-6-9-18(25-4)10-7-16/h6-12,14-15,23H,13H2,1-5H3,(H,22,24)/t15-/m0/s1. The Hall–Kier alpha value is -2.69. The summed E-state index contributed by atoms with van der Waals surface area (Å²) in [6, 6.07) is 13.3. The van der Waals surface area contributed by atoms with Gasteiger partial charge >= 0.3 is 0 Å². The van der Waals surface area contributed by atoms with Crippen LogP contribution in [0.5, 0.6) is 11.5 Å². The molecule has 2 N–H and O–H groups in total. The lowest BCUT2D eigenvalue weighted by molar-refractivity contribution is -0.121. The lowest BCUT2D eigenvalue weighted by Gasteiger charge is -2.18. The molecule has 0 bridgehead atoms. The highest BCUT2D eigenvalue weighted by atomic mass is 16.5. The number of benzene rings is 2. The maximum Gasteiger partial charge on any atom is 0.242 e. The number of ether oxygens (including phenoxy) is 2. The first-order chi connectivity index (χ1) is 12.4. The third kappa shape index (κ3) is 5.15. The topological polar surface area (TPSA) is 59.6 Å². The molecule has 1 atom stereocenters. The molecule has 2 aromatic rings. The molecule has 0 radical (unpaired) electrons. The van der Waals surface area contributed by atoms with Crippen molar-refractivity contribution in [2.75, 3.05) is 26.1 Å². The molecule has 0 saturated carbocycles. The molecule has 5 heteroatoms. The van der Waals surface area contributed by atoms with Crippen molar-refractivity contribution < 1.29 is 14.3 Å². The highest BCUT2D eigenvalue weighted by Gasteiger charge is 2.14. The first-order valence-corrected chi connectivity index (χ1v) is 8.81. The Morgan fingerprint density at radius 2 is 1.69 bits per heavy atom. The molecule has 0 aromatic heterocycles. The molecule has 0 aliphatic heterocycles. The van der Waals surface area contributed by atoms with E-state index in [0.29, 0.717) is 12.5 Å². The van der Waals surface area contributed by atoms with Gasteiger partial charge in [0, 0.05) is 17.8 Å². The van der Waals surface area contributed by atoms with E-state index in [2.05, 4.69) is 24.5 Å². The minimum atomic E-state index is -0.328. The molecule has 0 aliphatic carbocycles. The van der Waals surface area contributed by atoms with E-state index in [4.69, 9.17) is 9.47 Å². The first-order valence-electron chi connectivity index (χ1n) is 8.81. The van der Waals surface area contributed by atoms with Crippen LogP contribution in [-0.4, -0.2) is 32.7 Å². The molecular weight excluding hydrogens is 328 g/mol. The molecule has 0 heterocycles. The van der Waals surface area contributed by atoms with Crippen LogP contribution in [0.3, 0.4) is 0 Å². The summed E-state index contributed by atoms with van der Waals surface area (Å²) in [7, 11) is 3.29. The Labute approximate surface area is 155 Å². The zero-order valence-corrected chi connectivity index (χ0v) is 16.1. The summed E-state index contributed by atoms with van der Waals surface area (Å²) in [5, 5.41) is 6.20. The number of amides is 1. The Morgan fingerprint density at radius 1 is 1.00 bits per heavy atom. The second kappa shape index (κ2) is 9.13. The van der Waals surface area contributed by atoms with E-state index >= 15 is 0 Å². The predicted molar refractivity (Wildman–Crippen MR) is 106 cm³/mol. The third-order valence-electron chi connectivity index (χ3n) is 4.06. The molecule has 0 spiro atoms. The Bertz CT molecular complexity index is 727. The maximum absolute atomic E-state index is 12.2. The van der Waals surface area contributed by atoms with Gasteiger partial charge in [-0.1, -0.05) is 26.0 Å². The zero-order chi connectivity index (χ0) is 19.1. The summed E-state index contributed by atoms with van der Waals surface area (Å²) in [6.45, 7) is 6.67. The fourth-order valence-corrected chi connectivity index (χ4v) is 2.57. The van der Waals surface area contributed by atoms with E-state index in [0.717, 1.165) is 28.3 Å². The van der Waals surface area contributed by atoms with Gasteiger partial charge < -0.3 is 20.1 Å². The number of methoxy groups -OCH3 is 2. The summed E-state index contributed by atoms with van der Waals surface area (Å²) < 4.78 is 10.7. The number of carbonyl (C=O) groups is 1. The molecule has 1 amide bonds. The van der Waals surface area contributed by atoms with Crippen molar-refractivity contribution in [3.63, 3.8) is 0 Å².